The number of rotatable bonds is 1. The third kappa shape index (κ3) is 2.87. The fourth-order valence-corrected chi connectivity index (χ4v) is 2.55. The lowest BCUT2D eigenvalue weighted by Gasteiger charge is -2.32. The zero-order valence-corrected chi connectivity index (χ0v) is 13.2. The van der Waals surface area contributed by atoms with Gasteiger partial charge < -0.3 is 0 Å². The summed E-state index contributed by atoms with van der Waals surface area (Å²) in [6.07, 6.45) is 3.11. The average molecular weight is 269 g/mol. The molecule has 0 saturated carbocycles. The van der Waals surface area contributed by atoms with Crippen LogP contribution in [0, 0.1) is 0 Å². The lowest BCUT2D eigenvalue weighted by atomic mass is 9.73. The van der Waals surface area contributed by atoms with Crippen LogP contribution in [0.15, 0.2) is 30.9 Å². The minimum absolute atomic E-state index is 0.0336. The highest BCUT2D eigenvalue weighted by Gasteiger charge is 2.28. The highest BCUT2D eigenvalue weighted by Crippen LogP contribution is 2.39. The molecule has 1 heterocycles. The zero-order valence-electron chi connectivity index (χ0n) is 13.2. The molecular weight excluding hydrogens is 246 g/mol. The second-order valence-electron chi connectivity index (χ2n) is 7.19. The third-order valence-electron chi connectivity index (χ3n) is 3.36. The lowest BCUT2D eigenvalue weighted by Crippen LogP contribution is -2.23. The number of benzene rings is 1. The van der Waals surface area contributed by atoms with Crippen LogP contribution in [0.2, 0.25) is 0 Å². The molecule has 0 amide bonds. The Morgan fingerprint density at radius 3 is 1.90 bits per heavy atom. The molecule has 20 heavy (non-hydrogen) atoms. The Morgan fingerprint density at radius 1 is 0.800 bits per heavy atom. The van der Waals surface area contributed by atoms with Gasteiger partial charge in [0.05, 0.1) is 0 Å². The van der Waals surface area contributed by atoms with E-state index in [-0.39, 0.29) is 10.8 Å². The first kappa shape index (κ1) is 14.6. The minimum atomic E-state index is 0.0336. The van der Waals surface area contributed by atoms with Crippen molar-refractivity contribution in [2.75, 3.05) is 0 Å². The molecule has 0 unspecified atom stereocenters. The normalized spacial score (nSPS) is 12.5. The monoisotopic (exact) mass is 269 g/mol. The molecule has 0 aliphatic carbocycles. The summed E-state index contributed by atoms with van der Waals surface area (Å²) in [5.41, 5.74) is 3.89. The SMILES string of the molecule is CC(C)(C)c1cccc(-c2ncncn2)c1C(C)(C)C. The van der Waals surface area contributed by atoms with E-state index >= 15 is 0 Å². The van der Waals surface area contributed by atoms with E-state index in [0.29, 0.717) is 0 Å². The first-order chi connectivity index (χ1) is 9.21. The Labute approximate surface area is 121 Å². The van der Waals surface area contributed by atoms with E-state index in [0.717, 1.165) is 11.4 Å². The van der Waals surface area contributed by atoms with Crippen LogP contribution in [0.4, 0.5) is 0 Å². The number of nitrogens with zero attached hydrogens (tertiary/aromatic N) is 3. The highest BCUT2D eigenvalue weighted by atomic mass is 15.0. The Kier molecular flexibility index (Phi) is 3.63. The van der Waals surface area contributed by atoms with Gasteiger partial charge in [-0.2, -0.15) is 0 Å². The molecule has 0 saturated heterocycles. The Hall–Kier alpha value is -1.77. The summed E-state index contributed by atoms with van der Waals surface area (Å²) in [7, 11) is 0. The van der Waals surface area contributed by atoms with Crippen molar-refractivity contribution < 1.29 is 0 Å². The Balaban J connectivity index is 2.77. The van der Waals surface area contributed by atoms with Gasteiger partial charge in [-0.15, -0.1) is 0 Å². The van der Waals surface area contributed by atoms with Crippen LogP contribution in [0.1, 0.15) is 52.7 Å². The maximum atomic E-state index is 4.32. The van der Waals surface area contributed by atoms with Crippen molar-refractivity contribution in [1.82, 2.24) is 15.0 Å². The topological polar surface area (TPSA) is 38.7 Å². The van der Waals surface area contributed by atoms with Gasteiger partial charge in [0, 0.05) is 5.56 Å². The summed E-state index contributed by atoms with van der Waals surface area (Å²) in [5, 5.41) is 0. The number of hydrogen-bond donors (Lipinski definition) is 0. The smallest absolute Gasteiger partial charge is 0.162 e. The van der Waals surface area contributed by atoms with Crippen LogP contribution in [-0.4, -0.2) is 15.0 Å². The largest absolute Gasteiger partial charge is 0.225 e. The molecule has 1 aromatic heterocycles. The average Bonchev–Trinajstić information content (AvgIpc) is 2.37. The van der Waals surface area contributed by atoms with Crippen molar-refractivity contribution in [1.29, 1.82) is 0 Å². The summed E-state index contributed by atoms with van der Waals surface area (Å²) in [4.78, 5) is 12.6. The second-order valence-corrected chi connectivity index (χ2v) is 7.19. The van der Waals surface area contributed by atoms with Crippen LogP contribution in [0.25, 0.3) is 11.4 Å². The maximum absolute atomic E-state index is 4.32. The minimum Gasteiger partial charge on any atom is -0.225 e. The van der Waals surface area contributed by atoms with Crippen LogP contribution in [-0.2, 0) is 10.8 Å². The summed E-state index contributed by atoms with van der Waals surface area (Å²) in [5.74, 6) is 0.746. The van der Waals surface area contributed by atoms with Crippen LogP contribution >= 0.6 is 0 Å². The van der Waals surface area contributed by atoms with Gasteiger partial charge in [-0.25, -0.2) is 15.0 Å². The fourth-order valence-electron chi connectivity index (χ4n) is 2.55. The highest BCUT2D eigenvalue weighted by molar-refractivity contribution is 5.65. The predicted octanol–water partition coefficient (Wildman–Crippen LogP) is 4.13. The maximum Gasteiger partial charge on any atom is 0.162 e. The van der Waals surface area contributed by atoms with Gasteiger partial charge in [0.25, 0.3) is 0 Å². The molecule has 2 rings (SSSR count). The first-order valence-corrected chi connectivity index (χ1v) is 6.97. The van der Waals surface area contributed by atoms with E-state index in [1.54, 1.807) is 12.7 Å². The molecule has 0 bridgehead atoms. The summed E-state index contributed by atoms with van der Waals surface area (Å²) in [6.45, 7) is 13.4. The van der Waals surface area contributed by atoms with Crippen molar-refractivity contribution in [3.63, 3.8) is 0 Å². The van der Waals surface area contributed by atoms with Crippen molar-refractivity contribution in [2.45, 2.75) is 52.4 Å². The molecule has 3 nitrogen and oxygen atoms in total. The molecule has 0 fully saturated rings. The Morgan fingerprint density at radius 2 is 1.40 bits per heavy atom. The molecule has 3 heteroatoms. The van der Waals surface area contributed by atoms with Gasteiger partial charge in [-0.05, 0) is 22.0 Å². The van der Waals surface area contributed by atoms with Crippen LogP contribution in [0.3, 0.4) is 0 Å². The predicted molar refractivity (Wildman–Crippen MR) is 82.7 cm³/mol. The molecule has 0 aliphatic heterocycles. The van der Waals surface area contributed by atoms with Gasteiger partial charge in [0.2, 0.25) is 0 Å². The Bertz CT molecular complexity index is 590. The molecule has 0 radical (unpaired) electrons. The molecule has 0 aliphatic rings. The van der Waals surface area contributed by atoms with Crippen molar-refractivity contribution in [3.8, 4) is 11.4 Å². The van der Waals surface area contributed by atoms with Gasteiger partial charge in [0.15, 0.2) is 5.82 Å². The van der Waals surface area contributed by atoms with Gasteiger partial charge in [-0.1, -0.05) is 59.7 Å². The molecule has 0 atom stereocenters. The van der Waals surface area contributed by atoms with Crippen LogP contribution in [0.5, 0.6) is 0 Å². The molecule has 0 spiro atoms. The molecule has 0 N–H and O–H groups in total. The third-order valence-corrected chi connectivity index (χ3v) is 3.36. The quantitative estimate of drug-likeness (QED) is 0.781. The van der Waals surface area contributed by atoms with Crippen molar-refractivity contribution in [3.05, 3.63) is 42.0 Å². The molecule has 106 valence electrons. The number of aromatic nitrogens is 3. The van der Waals surface area contributed by atoms with E-state index in [4.69, 9.17) is 0 Å². The lowest BCUT2D eigenvalue weighted by molar-refractivity contribution is 0.531. The van der Waals surface area contributed by atoms with Crippen LogP contribution < -0.4 is 0 Å². The summed E-state index contributed by atoms with van der Waals surface area (Å²) < 4.78 is 0. The van der Waals surface area contributed by atoms with Gasteiger partial charge in [0.1, 0.15) is 12.7 Å². The zero-order chi connectivity index (χ0) is 15.0. The number of hydrogen-bond acceptors (Lipinski definition) is 3. The summed E-state index contributed by atoms with van der Waals surface area (Å²) >= 11 is 0. The fraction of sp³-hybridized carbons (Fsp3) is 0.471. The summed E-state index contributed by atoms with van der Waals surface area (Å²) in [6, 6.07) is 6.41. The van der Waals surface area contributed by atoms with Gasteiger partial charge in [-0.3, -0.25) is 0 Å². The van der Waals surface area contributed by atoms with Crippen molar-refractivity contribution in [2.24, 2.45) is 0 Å². The molecular formula is C17H23N3. The van der Waals surface area contributed by atoms with Crippen molar-refractivity contribution >= 4 is 0 Å². The van der Waals surface area contributed by atoms with E-state index in [1.165, 1.54) is 11.1 Å². The van der Waals surface area contributed by atoms with E-state index in [1.807, 2.05) is 0 Å². The first-order valence-electron chi connectivity index (χ1n) is 6.97. The van der Waals surface area contributed by atoms with Gasteiger partial charge >= 0.3 is 0 Å². The van der Waals surface area contributed by atoms with E-state index in [9.17, 15) is 0 Å². The molecule has 1 aromatic carbocycles. The van der Waals surface area contributed by atoms with E-state index < -0.39 is 0 Å². The molecule has 2 aromatic rings. The second kappa shape index (κ2) is 4.97. The standard InChI is InChI=1S/C17H23N3/c1-16(2,3)13-9-7-8-12(14(13)17(4,5)6)15-19-10-18-11-20-15/h7-11H,1-6H3. The van der Waals surface area contributed by atoms with E-state index in [2.05, 4.69) is 74.7 Å².